The first-order chi connectivity index (χ1) is 21.2. The van der Waals surface area contributed by atoms with Gasteiger partial charge in [0.05, 0.1) is 26.7 Å². The molecule has 0 aliphatic rings. The number of thioether (sulfide) groups is 1. The Morgan fingerprint density at radius 2 is 1.48 bits per heavy atom. The Balaban J connectivity index is 1.86. The van der Waals surface area contributed by atoms with Gasteiger partial charge in [0.15, 0.2) is 11.4 Å². The third-order valence-corrected chi connectivity index (χ3v) is 6.86. The van der Waals surface area contributed by atoms with Gasteiger partial charge in [-0.25, -0.2) is 9.78 Å². The highest BCUT2D eigenvalue weighted by Gasteiger charge is 2.26. The Kier molecular flexibility index (Phi) is 13.1. The molecule has 3 rings (SSSR count). The Labute approximate surface area is 262 Å². The number of ether oxygens (including phenoxy) is 5. The summed E-state index contributed by atoms with van der Waals surface area (Å²) in [6.07, 6.45) is 3.36. The number of nitrogens with one attached hydrogen (secondary N) is 1. The topological polar surface area (TPSA) is 122 Å². The molecule has 3 aromatic rings. The van der Waals surface area contributed by atoms with Crippen LogP contribution in [-0.4, -0.2) is 61.2 Å². The summed E-state index contributed by atoms with van der Waals surface area (Å²) in [5.74, 6) is 0.371. The van der Waals surface area contributed by atoms with E-state index in [4.69, 9.17) is 23.7 Å². The largest absolute Gasteiger partial charge is 0.494 e. The summed E-state index contributed by atoms with van der Waals surface area (Å²) in [7, 11) is 1.39. The van der Waals surface area contributed by atoms with Crippen molar-refractivity contribution >= 4 is 35.2 Å². The van der Waals surface area contributed by atoms with Gasteiger partial charge in [0.1, 0.15) is 23.3 Å². The van der Waals surface area contributed by atoms with Gasteiger partial charge in [-0.1, -0.05) is 24.3 Å². The second-order valence-corrected chi connectivity index (χ2v) is 10.4. The number of carbonyl (C=O) groups is 3. The lowest BCUT2D eigenvalue weighted by atomic mass is 9.96. The minimum absolute atomic E-state index is 0.122. The Morgan fingerprint density at radius 3 is 1.98 bits per heavy atom. The lowest BCUT2D eigenvalue weighted by Crippen LogP contribution is -2.40. The summed E-state index contributed by atoms with van der Waals surface area (Å²) in [5.41, 5.74) is 2.08. The van der Waals surface area contributed by atoms with Gasteiger partial charge in [0.25, 0.3) is 5.91 Å². The highest BCUT2D eigenvalue weighted by atomic mass is 32.2. The number of benzene rings is 2. The molecule has 1 N–H and O–H groups in total. The zero-order valence-corrected chi connectivity index (χ0v) is 26.6. The van der Waals surface area contributed by atoms with Crippen molar-refractivity contribution in [1.29, 1.82) is 0 Å². The maximum atomic E-state index is 13.2. The standard InChI is InChI=1S/C33H38N2O8S/c1-7-40-25-13-9-23(10-14-25)29(24-11-15-26(16-12-24)41-8-2)22(4)42-33(38)21(3)35-32(37)30-31(27(39-5)17-19-34-30)43-28(36)18-20-44-6/h9-17,19,21H,7-8,18,20H2,1-6H3,(H,35,37)/t21-/m0/s1. The van der Waals surface area contributed by atoms with Crippen LogP contribution in [0.25, 0.3) is 5.57 Å². The first-order valence-corrected chi connectivity index (χ1v) is 15.5. The van der Waals surface area contributed by atoms with Crippen LogP contribution in [0.4, 0.5) is 0 Å². The second kappa shape index (κ2) is 17.0. The number of aromatic nitrogens is 1. The first-order valence-electron chi connectivity index (χ1n) is 14.1. The van der Waals surface area contributed by atoms with E-state index in [9.17, 15) is 14.4 Å². The number of allylic oxidation sites excluding steroid dienone is 1. The third kappa shape index (κ3) is 9.24. The molecule has 0 aliphatic heterocycles. The normalized spacial score (nSPS) is 11.1. The van der Waals surface area contributed by atoms with E-state index in [0.29, 0.717) is 41.8 Å². The first kappa shape index (κ1) is 34.0. The molecule has 0 saturated carbocycles. The van der Waals surface area contributed by atoms with Crippen molar-refractivity contribution in [2.45, 2.75) is 40.2 Å². The summed E-state index contributed by atoms with van der Waals surface area (Å²) >= 11 is 1.49. The van der Waals surface area contributed by atoms with Crippen LogP contribution in [0.2, 0.25) is 0 Å². The Hall–Kier alpha value is -4.51. The Morgan fingerprint density at radius 1 is 0.909 bits per heavy atom. The maximum absolute atomic E-state index is 13.2. The van der Waals surface area contributed by atoms with Crippen molar-refractivity contribution in [3.63, 3.8) is 0 Å². The molecule has 2 aromatic carbocycles. The quantitative estimate of drug-likeness (QED) is 0.167. The number of hydrogen-bond acceptors (Lipinski definition) is 10. The van der Waals surface area contributed by atoms with E-state index in [2.05, 4.69) is 10.3 Å². The average molecular weight is 623 g/mol. The molecule has 1 aromatic heterocycles. The fourth-order valence-electron chi connectivity index (χ4n) is 4.16. The molecule has 11 heteroatoms. The van der Waals surface area contributed by atoms with E-state index < -0.39 is 23.9 Å². The maximum Gasteiger partial charge on any atom is 0.333 e. The van der Waals surface area contributed by atoms with Gasteiger partial charge < -0.3 is 29.0 Å². The fourth-order valence-corrected chi connectivity index (χ4v) is 4.53. The molecular weight excluding hydrogens is 584 g/mol. The average Bonchev–Trinajstić information content (AvgIpc) is 3.02. The summed E-state index contributed by atoms with van der Waals surface area (Å²) in [6.45, 7) is 8.07. The fraction of sp³-hybridized carbons (Fsp3) is 0.333. The highest BCUT2D eigenvalue weighted by Crippen LogP contribution is 2.32. The second-order valence-electron chi connectivity index (χ2n) is 9.37. The number of carbonyl (C=O) groups excluding carboxylic acids is 3. The molecule has 0 spiro atoms. The molecule has 0 saturated heterocycles. The van der Waals surface area contributed by atoms with E-state index in [0.717, 1.165) is 11.1 Å². The number of hydrogen-bond donors (Lipinski definition) is 1. The predicted octanol–water partition coefficient (Wildman–Crippen LogP) is 5.69. The summed E-state index contributed by atoms with van der Waals surface area (Å²) in [4.78, 5) is 42.8. The van der Waals surface area contributed by atoms with Crippen LogP contribution >= 0.6 is 11.8 Å². The van der Waals surface area contributed by atoms with Crippen molar-refractivity contribution in [3.8, 4) is 23.0 Å². The van der Waals surface area contributed by atoms with Crippen LogP contribution in [0, 0.1) is 0 Å². The molecule has 0 bridgehead atoms. The van der Waals surface area contributed by atoms with Crippen molar-refractivity contribution in [2.75, 3.05) is 32.3 Å². The number of pyridine rings is 1. The van der Waals surface area contributed by atoms with E-state index in [1.807, 2.05) is 68.6 Å². The van der Waals surface area contributed by atoms with Crippen LogP contribution in [0.1, 0.15) is 55.7 Å². The number of amides is 1. The van der Waals surface area contributed by atoms with Crippen molar-refractivity contribution in [1.82, 2.24) is 10.3 Å². The van der Waals surface area contributed by atoms with E-state index in [1.54, 1.807) is 6.92 Å². The van der Waals surface area contributed by atoms with Gasteiger partial charge in [0.2, 0.25) is 5.75 Å². The zero-order valence-electron chi connectivity index (χ0n) is 25.8. The van der Waals surface area contributed by atoms with Gasteiger partial charge in [-0.05, 0) is 69.3 Å². The van der Waals surface area contributed by atoms with Crippen LogP contribution in [0.5, 0.6) is 23.0 Å². The number of esters is 2. The van der Waals surface area contributed by atoms with Crippen molar-refractivity contribution < 1.29 is 38.1 Å². The smallest absolute Gasteiger partial charge is 0.333 e. The van der Waals surface area contributed by atoms with Gasteiger partial charge in [-0.2, -0.15) is 11.8 Å². The van der Waals surface area contributed by atoms with Gasteiger partial charge in [-0.3, -0.25) is 9.59 Å². The molecule has 1 atom stereocenters. The monoisotopic (exact) mass is 622 g/mol. The van der Waals surface area contributed by atoms with E-state index in [-0.39, 0.29) is 23.6 Å². The van der Waals surface area contributed by atoms with Crippen LogP contribution in [-0.2, 0) is 14.3 Å². The van der Waals surface area contributed by atoms with Gasteiger partial charge in [-0.15, -0.1) is 0 Å². The minimum atomic E-state index is -1.08. The minimum Gasteiger partial charge on any atom is -0.494 e. The summed E-state index contributed by atoms with van der Waals surface area (Å²) in [5, 5.41) is 2.59. The molecule has 0 unspecified atom stereocenters. The predicted molar refractivity (Wildman–Crippen MR) is 169 cm³/mol. The van der Waals surface area contributed by atoms with E-state index in [1.165, 1.54) is 38.1 Å². The molecule has 0 radical (unpaired) electrons. The SMILES string of the molecule is CCOc1ccc(C(=C(C)OC(=O)[C@H](C)NC(=O)c2nccc(OC)c2OC(=O)CCSC)c2ccc(OCC)cc2)cc1. The van der Waals surface area contributed by atoms with Gasteiger partial charge >= 0.3 is 11.9 Å². The number of methoxy groups -OCH3 is 1. The van der Waals surface area contributed by atoms with Crippen LogP contribution < -0.4 is 24.3 Å². The van der Waals surface area contributed by atoms with Crippen LogP contribution in [0.3, 0.4) is 0 Å². The van der Waals surface area contributed by atoms with Crippen LogP contribution in [0.15, 0.2) is 66.6 Å². The zero-order chi connectivity index (χ0) is 32.1. The number of rotatable bonds is 15. The molecule has 44 heavy (non-hydrogen) atoms. The molecular formula is C33H38N2O8S. The summed E-state index contributed by atoms with van der Waals surface area (Å²) in [6, 6.07) is 15.3. The molecule has 0 aliphatic carbocycles. The summed E-state index contributed by atoms with van der Waals surface area (Å²) < 4.78 is 27.7. The molecule has 1 amide bonds. The molecule has 1 heterocycles. The lowest BCUT2D eigenvalue weighted by Gasteiger charge is -2.18. The molecule has 234 valence electrons. The van der Waals surface area contributed by atoms with Crippen molar-refractivity contribution in [2.24, 2.45) is 0 Å². The highest BCUT2D eigenvalue weighted by molar-refractivity contribution is 7.98. The molecule has 10 nitrogen and oxygen atoms in total. The Bertz CT molecular complexity index is 1400. The third-order valence-electron chi connectivity index (χ3n) is 6.24. The van der Waals surface area contributed by atoms with Crippen molar-refractivity contribution in [3.05, 3.63) is 83.4 Å². The molecule has 0 fully saturated rings. The van der Waals surface area contributed by atoms with E-state index >= 15 is 0 Å². The number of nitrogens with zero attached hydrogens (tertiary/aromatic N) is 1. The van der Waals surface area contributed by atoms with Gasteiger partial charge in [0, 0.05) is 23.6 Å². The lowest BCUT2D eigenvalue weighted by molar-refractivity contribution is -0.141.